The van der Waals surface area contributed by atoms with Gasteiger partial charge in [-0.05, 0) is 12.0 Å². The van der Waals surface area contributed by atoms with Gasteiger partial charge in [-0.1, -0.05) is 37.6 Å². The Balaban J connectivity index is 2.13. The topological polar surface area (TPSA) is 41.5 Å². The minimum atomic E-state index is -0.372. The van der Waals surface area contributed by atoms with Crippen molar-refractivity contribution in [3.8, 4) is 0 Å². The monoisotopic (exact) mass is 301 g/mol. The lowest BCUT2D eigenvalue weighted by Gasteiger charge is -2.41. The zero-order valence-electron chi connectivity index (χ0n) is 11.8. The molecule has 0 spiro atoms. The molecule has 112 valence electrons. The van der Waals surface area contributed by atoms with Gasteiger partial charge in [-0.25, -0.2) is 4.39 Å². The molecule has 0 radical (unpaired) electrons. The van der Waals surface area contributed by atoms with Crippen LogP contribution in [0.15, 0.2) is 18.2 Å². The quantitative estimate of drug-likeness (QED) is 0.849. The van der Waals surface area contributed by atoms with Gasteiger partial charge < -0.3 is 15.2 Å². The van der Waals surface area contributed by atoms with E-state index in [1.165, 1.54) is 0 Å². The van der Waals surface area contributed by atoms with E-state index in [1.807, 2.05) is 13.8 Å². The molecule has 20 heavy (non-hydrogen) atoms. The summed E-state index contributed by atoms with van der Waals surface area (Å²) >= 11 is 5.86. The molecule has 0 bridgehead atoms. The van der Waals surface area contributed by atoms with E-state index in [1.54, 1.807) is 18.2 Å². The zero-order valence-corrected chi connectivity index (χ0v) is 12.6. The van der Waals surface area contributed by atoms with Gasteiger partial charge in [0, 0.05) is 18.2 Å². The predicted octanol–water partition coefficient (Wildman–Crippen LogP) is 2.77. The number of ether oxygens (including phenoxy) is 1. The van der Waals surface area contributed by atoms with E-state index in [9.17, 15) is 9.50 Å². The average molecular weight is 302 g/mol. The molecule has 1 heterocycles. The van der Waals surface area contributed by atoms with Gasteiger partial charge in [-0.2, -0.15) is 0 Å². The highest BCUT2D eigenvalue weighted by Gasteiger charge is 2.38. The first-order valence-electron chi connectivity index (χ1n) is 6.85. The minimum Gasteiger partial charge on any atom is -0.396 e. The molecule has 5 heteroatoms. The van der Waals surface area contributed by atoms with Crippen molar-refractivity contribution in [2.45, 2.75) is 19.9 Å². The summed E-state index contributed by atoms with van der Waals surface area (Å²) in [5.74, 6) is -0.164. The molecular weight excluding hydrogens is 281 g/mol. The van der Waals surface area contributed by atoms with Crippen LogP contribution in [-0.4, -0.2) is 31.5 Å². The van der Waals surface area contributed by atoms with Crippen LogP contribution in [0.25, 0.3) is 0 Å². The number of nitrogens with one attached hydrogen (secondary N) is 1. The number of halogens is 2. The maximum atomic E-state index is 14.2. The first-order valence-corrected chi connectivity index (χ1v) is 7.23. The predicted molar refractivity (Wildman–Crippen MR) is 77.3 cm³/mol. The second-order valence-corrected chi connectivity index (χ2v) is 6.30. The highest BCUT2D eigenvalue weighted by Crippen LogP contribution is 2.31. The maximum absolute atomic E-state index is 14.2. The van der Waals surface area contributed by atoms with Crippen LogP contribution < -0.4 is 5.32 Å². The summed E-state index contributed by atoms with van der Waals surface area (Å²) in [6, 6.07) is 4.92. The maximum Gasteiger partial charge on any atom is 0.146 e. The highest BCUT2D eigenvalue weighted by atomic mass is 35.5. The normalized spacial score (nSPS) is 18.9. The number of aliphatic hydroxyl groups excluding tert-OH is 1. The Labute approximate surface area is 124 Å². The molecule has 1 unspecified atom stereocenters. The van der Waals surface area contributed by atoms with Crippen LogP contribution >= 0.6 is 11.6 Å². The summed E-state index contributed by atoms with van der Waals surface area (Å²) in [7, 11) is 0. The van der Waals surface area contributed by atoms with Gasteiger partial charge in [-0.3, -0.25) is 0 Å². The minimum absolute atomic E-state index is 0.0723. The van der Waals surface area contributed by atoms with E-state index >= 15 is 0 Å². The summed E-state index contributed by atoms with van der Waals surface area (Å²) < 4.78 is 19.3. The second-order valence-electron chi connectivity index (χ2n) is 5.90. The molecule has 1 aromatic carbocycles. The Kier molecular flexibility index (Phi) is 5.02. The van der Waals surface area contributed by atoms with Crippen molar-refractivity contribution in [2.75, 3.05) is 26.4 Å². The van der Waals surface area contributed by atoms with Crippen LogP contribution in [-0.2, 0) is 4.74 Å². The van der Waals surface area contributed by atoms with Gasteiger partial charge in [0.1, 0.15) is 5.82 Å². The van der Waals surface area contributed by atoms with Crippen molar-refractivity contribution in [1.82, 2.24) is 5.32 Å². The number of rotatable bonds is 6. The SMILES string of the molecule is CC(C)C(NCC1(CO)COC1)c1cccc(Cl)c1F. The van der Waals surface area contributed by atoms with Gasteiger partial charge in [0.15, 0.2) is 0 Å². The lowest BCUT2D eigenvalue weighted by molar-refractivity contribution is -0.135. The zero-order chi connectivity index (χ0) is 14.8. The van der Waals surface area contributed by atoms with Crippen molar-refractivity contribution < 1.29 is 14.2 Å². The lowest BCUT2D eigenvalue weighted by atomic mass is 9.85. The molecule has 3 nitrogen and oxygen atoms in total. The first kappa shape index (κ1) is 15.7. The fraction of sp³-hybridized carbons (Fsp3) is 0.600. The largest absolute Gasteiger partial charge is 0.396 e. The third-order valence-corrected chi connectivity index (χ3v) is 4.12. The van der Waals surface area contributed by atoms with Crippen molar-refractivity contribution in [3.05, 3.63) is 34.6 Å². The van der Waals surface area contributed by atoms with Gasteiger partial charge in [-0.15, -0.1) is 0 Å². The fourth-order valence-electron chi connectivity index (χ4n) is 2.43. The Morgan fingerprint density at radius 3 is 2.65 bits per heavy atom. The molecule has 2 rings (SSSR count). The van der Waals surface area contributed by atoms with Crippen LogP contribution in [0, 0.1) is 17.2 Å². The number of hydrogen-bond acceptors (Lipinski definition) is 3. The van der Waals surface area contributed by atoms with Crippen molar-refractivity contribution in [1.29, 1.82) is 0 Å². The summed E-state index contributed by atoms with van der Waals surface area (Å²) in [4.78, 5) is 0. The highest BCUT2D eigenvalue weighted by molar-refractivity contribution is 6.30. The standard InChI is InChI=1S/C15H21ClFNO2/c1-10(2)14(11-4-3-5-12(16)13(11)17)18-6-15(7-19)8-20-9-15/h3-5,10,14,18-19H,6-9H2,1-2H3. The van der Waals surface area contributed by atoms with E-state index in [0.29, 0.717) is 25.3 Å². The lowest BCUT2D eigenvalue weighted by Crippen LogP contribution is -2.53. The molecule has 0 aromatic heterocycles. The van der Waals surface area contributed by atoms with Crippen LogP contribution in [0.2, 0.25) is 5.02 Å². The third-order valence-electron chi connectivity index (χ3n) is 3.83. The summed E-state index contributed by atoms with van der Waals surface area (Å²) in [6.45, 7) is 5.81. The number of aliphatic hydroxyl groups is 1. The van der Waals surface area contributed by atoms with Crippen molar-refractivity contribution in [2.24, 2.45) is 11.3 Å². The first-order chi connectivity index (χ1) is 9.49. The van der Waals surface area contributed by atoms with E-state index in [0.717, 1.165) is 0 Å². The van der Waals surface area contributed by atoms with E-state index < -0.39 is 0 Å². The molecule has 1 fully saturated rings. The number of hydrogen-bond donors (Lipinski definition) is 2. The second kappa shape index (κ2) is 6.39. The van der Waals surface area contributed by atoms with Gasteiger partial charge >= 0.3 is 0 Å². The third kappa shape index (κ3) is 3.14. The Morgan fingerprint density at radius 2 is 2.15 bits per heavy atom. The molecule has 1 aliphatic rings. The Hall–Kier alpha value is -0.680. The van der Waals surface area contributed by atoms with E-state index in [-0.39, 0.29) is 34.8 Å². The molecule has 0 amide bonds. The average Bonchev–Trinajstić information content (AvgIpc) is 2.37. The van der Waals surface area contributed by atoms with E-state index in [4.69, 9.17) is 16.3 Å². The molecule has 1 atom stereocenters. The van der Waals surface area contributed by atoms with Gasteiger partial charge in [0.2, 0.25) is 0 Å². The molecule has 1 aromatic rings. The van der Waals surface area contributed by atoms with Crippen LogP contribution in [0.5, 0.6) is 0 Å². The molecule has 0 aliphatic carbocycles. The van der Waals surface area contributed by atoms with Gasteiger partial charge in [0.25, 0.3) is 0 Å². The van der Waals surface area contributed by atoms with Gasteiger partial charge in [0.05, 0.1) is 30.3 Å². The molecule has 1 aliphatic heterocycles. The fourth-order valence-corrected chi connectivity index (χ4v) is 2.61. The molecule has 1 saturated heterocycles. The van der Waals surface area contributed by atoms with E-state index in [2.05, 4.69) is 5.32 Å². The number of benzene rings is 1. The van der Waals surface area contributed by atoms with Crippen molar-refractivity contribution in [3.63, 3.8) is 0 Å². The van der Waals surface area contributed by atoms with Crippen LogP contribution in [0.4, 0.5) is 4.39 Å². The Bertz CT molecular complexity index is 458. The Morgan fingerprint density at radius 1 is 1.45 bits per heavy atom. The molecular formula is C15H21ClFNO2. The van der Waals surface area contributed by atoms with Crippen LogP contribution in [0.1, 0.15) is 25.5 Å². The van der Waals surface area contributed by atoms with Crippen LogP contribution in [0.3, 0.4) is 0 Å². The molecule has 2 N–H and O–H groups in total. The summed E-state index contributed by atoms with van der Waals surface area (Å²) in [5, 5.41) is 12.9. The molecule has 0 saturated carbocycles. The summed E-state index contributed by atoms with van der Waals surface area (Å²) in [6.07, 6.45) is 0. The van der Waals surface area contributed by atoms with Crippen molar-refractivity contribution >= 4 is 11.6 Å². The smallest absolute Gasteiger partial charge is 0.146 e. The summed E-state index contributed by atoms with van der Waals surface area (Å²) in [5.41, 5.74) is 0.336.